The van der Waals surface area contributed by atoms with Crippen LogP contribution in [0, 0.1) is 6.92 Å². The van der Waals surface area contributed by atoms with Crippen molar-refractivity contribution in [3.63, 3.8) is 0 Å². The number of aryl methyl sites for hydroxylation is 1. The molecule has 0 aliphatic rings. The quantitative estimate of drug-likeness (QED) is 0.122. The summed E-state index contributed by atoms with van der Waals surface area (Å²) in [5.74, 6) is 3.27. The Kier molecular flexibility index (Phi) is 7.98. The Balaban J connectivity index is 1.15. The van der Waals surface area contributed by atoms with E-state index >= 15 is 0 Å². The van der Waals surface area contributed by atoms with Gasteiger partial charge in [-0.25, -0.2) is 28.1 Å². The number of thiol groups is 1. The Morgan fingerprint density at radius 1 is 0.976 bits per heavy atom. The molecule has 4 aromatic heterocycles. The highest BCUT2D eigenvalue weighted by Crippen LogP contribution is 2.32. The van der Waals surface area contributed by atoms with Gasteiger partial charge in [-0.1, -0.05) is 0 Å². The van der Waals surface area contributed by atoms with E-state index < -0.39 is 10.9 Å². The van der Waals surface area contributed by atoms with Gasteiger partial charge in [-0.3, -0.25) is 4.40 Å². The number of nitrogens with zero attached hydrogens (tertiary/aromatic N) is 6. The fraction of sp³-hybridized carbons (Fsp3) is 0.179. The number of furan rings is 1. The molecule has 42 heavy (non-hydrogen) atoms. The van der Waals surface area contributed by atoms with Crippen molar-refractivity contribution in [2.75, 3.05) is 18.4 Å². The molecule has 0 spiro atoms. The molecule has 0 amide bonds. The molecule has 6 rings (SSSR count). The van der Waals surface area contributed by atoms with Crippen LogP contribution in [0.1, 0.15) is 17.7 Å². The van der Waals surface area contributed by atoms with Gasteiger partial charge in [-0.15, -0.1) is 10.2 Å². The van der Waals surface area contributed by atoms with Crippen LogP contribution in [0.4, 0.5) is 11.5 Å². The zero-order chi connectivity index (χ0) is 28.9. The number of ether oxygens (including phenoxy) is 1. The van der Waals surface area contributed by atoms with Crippen LogP contribution in [0.2, 0.25) is 0 Å². The molecular weight excluding hydrogens is 558 g/mol. The minimum Gasteiger partial charge on any atom is -0.460 e. The third kappa shape index (κ3) is 6.35. The summed E-state index contributed by atoms with van der Waals surface area (Å²) < 4.78 is 37.3. The Morgan fingerprint density at radius 3 is 2.79 bits per heavy atom. The second-order valence-corrected chi connectivity index (χ2v) is 10.3. The molecule has 0 unspecified atom stereocenters. The predicted octanol–water partition coefficient (Wildman–Crippen LogP) is 3.77. The van der Waals surface area contributed by atoms with Gasteiger partial charge >= 0.3 is 0 Å². The summed E-state index contributed by atoms with van der Waals surface area (Å²) in [5.41, 5.74) is 4.10. The lowest BCUT2D eigenvalue weighted by atomic mass is 10.1. The van der Waals surface area contributed by atoms with E-state index in [1.165, 1.54) is 6.33 Å². The van der Waals surface area contributed by atoms with Crippen molar-refractivity contribution in [1.29, 1.82) is 0 Å². The smallest absolute Gasteiger partial charge is 0.224 e. The molecule has 0 saturated heterocycles. The average Bonchev–Trinajstić information content (AvgIpc) is 3.66. The monoisotopic (exact) mass is 585 g/mol. The lowest BCUT2D eigenvalue weighted by Crippen LogP contribution is -2.20. The summed E-state index contributed by atoms with van der Waals surface area (Å²) in [5, 5.41) is 15.4. The van der Waals surface area contributed by atoms with Crippen molar-refractivity contribution >= 4 is 38.9 Å². The molecule has 13 nitrogen and oxygen atoms in total. The summed E-state index contributed by atoms with van der Waals surface area (Å²) in [6.45, 7) is 3.57. The van der Waals surface area contributed by atoms with Crippen LogP contribution in [0.3, 0.4) is 0 Å². The highest BCUT2D eigenvalue weighted by molar-refractivity contribution is 7.70. The highest BCUT2D eigenvalue weighted by atomic mass is 32.2. The highest BCUT2D eigenvalue weighted by Gasteiger charge is 2.11. The second kappa shape index (κ2) is 12.3. The molecule has 0 fully saturated rings. The number of nitrogens with one attached hydrogen (secondary N) is 3. The molecule has 0 atom stereocenters. The van der Waals surface area contributed by atoms with Crippen molar-refractivity contribution in [1.82, 2.24) is 39.6 Å². The minimum absolute atomic E-state index is 0.404. The summed E-state index contributed by atoms with van der Waals surface area (Å²) in [7, 11) is -2.55. The Labute approximate surface area is 242 Å². The largest absolute Gasteiger partial charge is 0.460 e. The van der Waals surface area contributed by atoms with Crippen molar-refractivity contribution in [3.8, 4) is 23.0 Å². The molecule has 214 valence electrons. The molecule has 2 aromatic carbocycles. The maximum atomic E-state index is 10.6. The zero-order valence-electron chi connectivity index (χ0n) is 22.5. The topological polar surface area (TPSA) is 161 Å². The van der Waals surface area contributed by atoms with E-state index in [0.717, 1.165) is 39.2 Å². The molecule has 0 aliphatic carbocycles. The van der Waals surface area contributed by atoms with E-state index in [0.29, 0.717) is 49.1 Å². The molecule has 0 bridgehead atoms. The van der Waals surface area contributed by atoms with E-state index in [-0.39, 0.29) is 0 Å². The first-order chi connectivity index (χ1) is 20.5. The minimum atomic E-state index is -2.55. The lowest BCUT2D eigenvalue weighted by molar-refractivity contribution is 0.458. The van der Waals surface area contributed by atoms with Crippen molar-refractivity contribution in [2.45, 2.75) is 19.9 Å². The average molecular weight is 586 g/mol. The lowest BCUT2D eigenvalue weighted by Gasteiger charge is -2.12. The molecule has 3 N–H and O–H groups in total. The molecule has 6 aromatic rings. The fourth-order valence-corrected chi connectivity index (χ4v) is 4.73. The van der Waals surface area contributed by atoms with Gasteiger partial charge in [0.1, 0.15) is 42.1 Å². The molecule has 0 saturated carbocycles. The van der Waals surface area contributed by atoms with Crippen molar-refractivity contribution in [2.24, 2.45) is 0 Å². The van der Waals surface area contributed by atoms with Crippen LogP contribution in [0.5, 0.6) is 11.6 Å². The van der Waals surface area contributed by atoms with Crippen LogP contribution < -0.4 is 20.1 Å². The number of hydrogen-bond donors (Lipinski definition) is 4. The van der Waals surface area contributed by atoms with Gasteiger partial charge in [-0.2, -0.15) is 0 Å². The van der Waals surface area contributed by atoms with Gasteiger partial charge in [0.2, 0.25) is 16.8 Å². The SMILES string of the molecule is Cc1cc(Nc2ncnc3ccc(-c4ccc(CNCCCN[SH](=O)=O)o4)cc23)ccc1Oc1cc2nncn2cn1. The van der Waals surface area contributed by atoms with Gasteiger partial charge in [0.15, 0.2) is 5.65 Å². The Bertz CT molecular complexity index is 1930. The van der Waals surface area contributed by atoms with Gasteiger partial charge in [0.25, 0.3) is 0 Å². The zero-order valence-corrected chi connectivity index (χ0v) is 23.4. The van der Waals surface area contributed by atoms with Gasteiger partial charge in [-0.05, 0) is 74.0 Å². The Morgan fingerprint density at radius 2 is 1.90 bits per heavy atom. The van der Waals surface area contributed by atoms with Crippen LogP contribution in [0.25, 0.3) is 27.9 Å². The third-order valence-corrected chi connectivity index (χ3v) is 6.95. The predicted molar refractivity (Wildman–Crippen MR) is 157 cm³/mol. The van der Waals surface area contributed by atoms with Gasteiger partial charge in [0.05, 0.1) is 12.1 Å². The van der Waals surface area contributed by atoms with Crippen LogP contribution in [0.15, 0.2) is 78.0 Å². The summed E-state index contributed by atoms with van der Waals surface area (Å²) in [4.78, 5) is 13.2. The van der Waals surface area contributed by atoms with Gasteiger partial charge in [0, 0.05) is 29.2 Å². The third-order valence-electron chi connectivity index (χ3n) is 6.47. The van der Waals surface area contributed by atoms with Crippen molar-refractivity contribution < 1.29 is 17.6 Å². The van der Waals surface area contributed by atoms with E-state index in [9.17, 15) is 8.42 Å². The molecule has 14 heteroatoms. The molecular formula is C28H27N9O4S. The standard InChI is InChI=1S/C28H27N9O4S/c1-18-11-20(4-7-24(18)41-27-13-26-36-33-17-37(26)16-32-27)35-28-22-12-19(3-6-23(22)30-15-31-28)25-8-5-21(40-25)14-29-9-2-10-34-42(38)39/h3-8,11-13,15-17,29,42H,2,9-10,14H2,1H3,(H,30,31,35)(H,34,38,39). The Hall–Kier alpha value is -4.92. The molecule has 0 radical (unpaired) electrons. The van der Waals surface area contributed by atoms with E-state index in [1.54, 1.807) is 23.1 Å². The summed E-state index contributed by atoms with van der Waals surface area (Å²) >= 11 is 0. The maximum Gasteiger partial charge on any atom is 0.224 e. The van der Waals surface area contributed by atoms with E-state index in [2.05, 4.69) is 40.5 Å². The van der Waals surface area contributed by atoms with Crippen LogP contribution in [-0.4, -0.2) is 51.1 Å². The van der Waals surface area contributed by atoms with Crippen LogP contribution >= 0.6 is 0 Å². The number of aromatic nitrogens is 6. The summed E-state index contributed by atoms with van der Waals surface area (Å²) in [6, 6.07) is 17.2. The molecule has 4 heterocycles. The van der Waals surface area contributed by atoms with E-state index in [4.69, 9.17) is 9.15 Å². The number of anilines is 2. The number of fused-ring (bicyclic) bond motifs is 2. The number of benzene rings is 2. The number of rotatable bonds is 12. The van der Waals surface area contributed by atoms with Crippen LogP contribution in [-0.2, 0) is 17.4 Å². The second-order valence-electron chi connectivity index (χ2n) is 9.45. The maximum absolute atomic E-state index is 10.6. The van der Waals surface area contributed by atoms with Crippen molar-refractivity contribution in [3.05, 3.63) is 84.9 Å². The van der Waals surface area contributed by atoms with E-state index in [1.807, 2.05) is 55.5 Å². The number of hydrogen-bond acceptors (Lipinski definition) is 11. The first-order valence-corrected chi connectivity index (χ1v) is 14.3. The fourth-order valence-electron chi connectivity index (χ4n) is 4.39. The van der Waals surface area contributed by atoms with Gasteiger partial charge < -0.3 is 19.8 Å². The summed E-state index contributed by atoms with van der Waals surface area (Å²) in [6.07, 6.45) is 5.40. The first kappa shape index (κ1) is 27.3. The first-order valence-electron chi connectivity index (χ1n) is 13.2. The molecule has 0 aliphatic heterocycles. The normalized spacial score (nSPS) is 11.5.